The second-order valence-corrected chi connectivity index (χ2v) is 3.90. The third-order valence-electron chi connectivity index (χ3n) is 2.46. The molecule has 8 heteroatoms. The molecule has 2 heterocycles. The zero-order valence-electron chi connectivity index (χ0n) is 10.3. The largest absolute Gasteiger partial charge is 0.476 e. The Hall–Kier alpha value is -2.64. The van der Waals surface area contributed by atoms with Gasteiger partial charge in [-0.25, -0.2) is 4.79 Å². The lowest BCUT2D eigenvalue weighted by molar-refractivity contribution is 0.0684. The molecule has 0 bridgehead atoms. The van der Waals surface area contributed by atoms with Gasteiger partial charge in [-0.05, 0) is 6.07 Å². The van der Waals surface area contributed by atoms with Crippen LogP contribution in [0.5, 0.6) is 0 Å². The SMILES string of the molecule is Cn1cc(C(=O)NCCn2cccn2)c(C(=O)O)n1. The predicted molar refractivity (Wildman–Crippen MR) is 64.7 cm³/mol. The minimum Gasteiger partial charge on any atom is -0.476 e. The highest BCUT2D eigenvalue weighted by Crippen LogP contribution is 2.06. The number of rotatable bonds is 5. The Morgan fingerprint density at radius 1 is 1.47 bits per heavy atom. The van der Waals surface area contributed by atoms with Crippen molar-refractivity contribution in [1.29, 1.82) is 0 Å². The number of nitrogens with zero attached hydrogens (tertiary/aromatic N) is 4. The molecular weight excluding hydrogens is 250 g/mol. The van der Waals surface area contributed by atoms with Crippen LogP contribution in [-0.2, 0) is 13.6 Å². The maximum Gasteiger partial charge on any atom is 0.357 e. The number of carbonyl (C=O) groups excluding carboxylic acids is 1. The molecule has 19 heavy (non-hydrogen) atoms. The van der Waals surface area contributed by atoms with Crippen LogP contribution in [0.15, 0.2) is 24.7 Å². The number of aromatic carboxylic acids is 1. The average Bonchev–Trinajstić information content (AvgIpc) is 2.98. The van der Waals surface area contributed by atoms with Crippen LogP contribution in [0.25, 0.3) is 0 Å². The molecule has 0 saturated heterocycles. The van der Waals surface area contributed by atoms with Gasteiger partial charge in [-0.15, -0.1) is 0 Å². The van der Waals surface area contributed by atoms with E-state index in [-0.39, 0.29) is 11.3 Å². The molecule has 2 rings (SSSR count). The number of carboxylic acid groups (broad SMARTS) is 1. The van der Waals surface area contributed by atoms with E-state index >= 15 is 0 Å². The molecule has 0 fully saturated rings. The Morgan fingerprint density at radius 3 is 2.89 bits per heavy atom. The molecule has 0 spiro atoms. The number of amides is 1. The summed E-state index contributed by atoms with van der Waals surface area (Å²) in [6, 6.07) is 1.78. The Morgan fingerprint density at radius 2 is 2.26 bits per heavy atom. The molecule has 100 valence electrons. The summed E-state index contributed by atoms with van der Waals surface area (Å²) in [6.45, 7) is 0.871. The quantitative estimate of drug-likeness (QED) is 0.774. The van der Waals surface area contributed by atoms with Gasteiger partial charge in [-0.3, -0.25) is 14.2 Å². The van der Waals surface area contributed by atoms with Gasteiger partial charge < -0.3 is 10.4 Å². The van der Waals surface area contributed by atoms with Gasteiger partial charge in [0.15, 0.2) is 5.69 Å². The summed E-state index contributed by atoms with van der Waals surface area (Å²) in [5.74, 6) is -1.68. The Kier molecular flexibility index (Phi) is 3.60. The van der Waals surface area contributed by atoms with Crippen molar-refractivity contribution in [1.82, 2.24) is 24.9 Å². The molecule has 0 aliphatic rings. The van der Waals surface area contributed by atoms with Crippen LogP contribution >= 0.6 is 0 Å². The first-order valence-electron chi connectivity index (χ1n) is 5.60. The van der Waals surface area contributed by atoms with E-state index in [1.54, 1.807) is 30.2 Å². The maximum atomic E-state index is 11.9. The van der Waals surface area contributed by atoms with Crippen molar-refractivity contribution in [2.75, 3.05) is 6.54 Å². The zero-order valence-corrected chi connectivity index (χ0v) is 10.3. The fourth-order valence-corrected chi connectivity index (χ4v) is 1.62. The van der Waals surface area contributed by atoms with E-state index < -0.39 is 11.9 Å². The van der Waals surface area contributed by atoms with Crippen LogP contribution < -0.4 is 5.32 Å². The fraction of sp³-hybridized carbons (Fsp3) is 0.273. The summed E-state index contributed by atoms with van der Waals surface area (Å²) in [5, 5.41) is 19.3. The third kappa shape index (κ3) is 2.97. The number of hydrogen-bond donors (Lipinski definition) is 2. The molecule has 0 unspecified atom stereocenters. The minimum absolute atomic E-state index is 0.0514. The van der Waals surface area contributed by atoms with Gasteiger partial charge in [0.1, 0.15) is 0 Å². The van der Waals surface area contributed by atoms with Crippen molar-refractivity contribution >= 4 is 11.9 Å². The van der Waals surface area contributed by atoms with Crippen molar-refractivity contribution in [3.8, 4) is 0 Å². The highest BCUT2D eigenvalue weighted by atomic mass is 16.4. The number of aromatic nitrogens is 4. The second kappa shape index (κ2) is 5.34. The molecular formula is C11H13N5O3. The van der Waals surface area contributed by atoms with E-state index in [1.165, 1.54) is 10.9 Å². The van der Waals surface area contributed by atoms with E-state index in [4.69, 9.17) is 5.11 Å². The molecule has 0 radical (unpaired) electrons. The van der Waals surface area contributed by atoms with Gasteiger partial charge >= 0.3 is 5.97 Å². The van der Waals surface area contributed by atoms with E-state index in [1.807, 2.05) is 0 Å². The standard InChI is InChI=1S/C11H13N5O3/c1-15-7-8(9(14-15)11(18)19)10(17)12-4-6-16-5-2-3-13-16/h2-3,5,7H,4,6H2,1H3,(H,12,17)(H,18,19). The molecule has 0 aromatic carbocycles. The topological polar surface area (TPSA) is 102 Å². The van der Waals surface area contributed by atoms with Gasteiger partial charge in [0.25, 0.3) is 5.91 Å². The van der Waals surface area contributed by atoms with E-state index in [9.17, 15) is 9.59 Å². The number of aryl methyl sites for hydroxylation is 1. The molecule has 1 amide bonds. The van der Waals surface area contributed by atoms with Gasteiger partial charge in [0.05, 0.1) is 12.1 Å². The first kappa shape index (κ1) is 12.8. The minimum atomic E-state index is -1.22. The van der Waals surface area contributed by atoms with Gasteiger partial charge in [-0.2, -0.15) is 10.2 Å². The second-order valence-electron chi connectivity index (χ2n) is 3.90. The van der Waals surface area contributed by atoms with Crippen LogP contribution in [0.4, 0.5) is 0 Å². The highest BCUT2D eigenvalue weighted by molar-refractivity contribution is 6.03. The monoisotopic (exact) mass is 263 g/mol. The summed E-state index contributed by atoms with van der Waals surface area (Å²) < 4.78 is 2.97. The van der Waals surface area contributed by atoms with Gasteiger partial charge in [0, 0.05) is 32.2 Å². The van der Waals surface area contributed by atoms with E-state index in [0.717, 1.165) is 0 Å². The van der Waals surface area contributed by atoms with Crippen molar-refractivity contribution in [2.45, 2.75) is 6.54 Å². The number of carboxylic acids is 1. The van der Waals surface area contributed by atoms with Gasteiger partial charge in [-0.1, -0.05) is 0 Å². The van der Waals surface area contributed by atoms with Crippen LogP contribution in [0.1, 0.15) is 20.8 Å². The first-order valence-corrected chi connectivity index (χ1v) is 5.60. The molecule has 2 aromatic rings. The van der Waals surface area contributed by atoms with E-state index in [0.29, 0.717) is 13.1 Å². The Balaban J connectivity index is 1.98. The third-order valence-corrected chi connectivity index (χ3v) is 2.46. The van der Waals surface area contributed by atoms with Crippen molar-refractivity contribution < 1.29 is 14.7 Å². The summed E-state index contributed by atoms with van der Waals surface area (Å²) >= 11 is 0. The Labute approximate surface area is 108 Å². The van der Waals surface area contributed by atoms with Gasteiger partial charge in [0.2, 0.25) is 0 Å². The number of hydrogen-bond acceptors (Lipinski definition) is 4. The van der Waals surface area contributed by atoms with E-state index in [2.05, 4.69) is 15.5 Å². The van der Waals surface area contributed by atoms with Crippen LogP contribution in [0, 0.1) is 0 Å². The number of nitrogens with one attached hydrogen (secondary N) is 1. The van der Waals surface area contributed by atoms with Crippen molar-refractivity contribution in [3.63, 3.8) is 0 Å². The summed E-state index contributed by atoms with van der Waals surface area (Å²) in [5.41, 5.74) is -0.199. The van der Waals surface area contributed by atoms with Crippen molar-refractivity contribution in [2.24, 2.45) is 7.05 Å². The first-order chi connectivity index (χ1) is 9.08. The predicted octanol–water partition coefficient (Wildman–Crippen LogP) is -0.255. The molecule has 0 aliphatic heterocycles. The highest BCUT2D eigenvalue weighted by Gasteiger charge is 2.20. The summed E-state index contributed by atoms with van der Waals surface area (Å²) in [4.78, 5) is 22.8. The summed E-state index contributed by atoms with van der Waals surface area (Å²) in [6.07, 6.45) is 4.80. The zero-order chi connectivity index (χ0) is 13.8. The summed E-state index contributed by atoms with van der Waals surface area (Å²) in [7, 11) is 1.56. The molecule has 2 aromatic heterocycles. The van der Waals surface area contributed by atoms with Crippen LogP contribution in [0.2, 0.25) is 0 Å². The lowest BCUT2D eigenvalue weighted by atomic mass is 10.2. The molecule has 8 nitrogen and oxygen atoms in total. The molecule has 2 N–H and O–H groups in total. The molecule has 0 atom stereocenters. The molecule has 0 aliphatic carbocycles. The molecule has 0 saturated carbocycles. The Bertz CT molecular complexity index is 588. The maximum absolute atomic E-state index is 11.9. The average molecular weight is 263 g/mol. The van der Waals surface area contributed by atoms with Crippen LogP contribution in [-0.4, -0.2) is 43.1 Å². The van der Waals surface area contributed by atoms with Crippen molar-refractivity contribution in [3.05, 3.63) is 35.9 Å². The lowest BCUT2D eigenvalue weighted by Crippen LogP contribution is -2.28. The normalized spacial score (nSPS) is 10.4. The van der Waals surface area contributed by atoms with Crippen LogP contribution in [0.3, 0.4) is 0 Å². The lowest BCUT2D eigenvalue weighted by Gasteiger charge is -2.04. The smallest absolute Gasteiger partial charge is 0.357 e. The number of carbonyl (C=O) groups is 2. The fourth-order valence-electron chi connectivity index (χ4n) is 1.62.